The van der Waals surface area contributed by atoms with Gasteiger partial charge in [-0.05, 0) is 18.2 Å². The molecule has 0 bridgehead atoms. The third kappa shape index (κ3) is 24.5. The van der Waals surface area contributed by atoms with Gasteiger partial charge < -0.3 is 92.2 Å². The van der Waals surface area contributed by atoms with Gasteiger partial charge in [-0.2, -0.15) is 0 Å². The molecule has 2 fully saturated rings. The Labute approximate surface area is 443 Å². The minimum absolute atomic E-state index is 0.00351. The summed E-state index contributed by atoms with van der Waals surface area (Å²) in [5.74, 6) is -7.01. The lowest BCUT2D eigenvalue weighted by Crippen LogP contribution is -2.63. The van der Waals surface area contributed by atoms with Crippen LogP contribution in [-0.4, -0.2) is 213 Å². The molecule has 4 N–H and O–H groups in total. The molecule has 0 unspecified atom stereocenters. The standard InChI is InChI=1S/C48H69N3O26/c1-26(52)68-24-37-39(70-28(3)54)41(72-30(5)56)43(74-32(7)58)47(76-37)66-19-17-64-15-13-62-11-9-50-45(60)34-21-35(23-36(49)22-34)46(61)51-10-12-63-14-16-65-18-20-67-48-44(75-33(8)59)42(73-31(6)57)40(71-29(4)55)38(77-48)25-69-27(2)53/h21-23,37-44,47-48H,9-20,24-25,49H2,1-8H3,(H,50,60)(H,51,61)/t37-,38-,39-,40-,41+,42+,43+,44+,47+,48+/m1/s1. The number of nitrogens with two attached hydrogens (primary N) is 1. The van der Waals surface area contributed by atoms with Gasteiger partial charge in [-0.15, -0.1) is 0 Å². The van der Waals surface area contributed by atoms with Crippen LogP contribution in [0.1, 0.15) is 76.1 Å². The van der Waals surface area contributed by atoms with Crippen molar-refractivity contribution in [3.63, 3.8) is 0 Å². The second-order valence-electron chi connectivity index (χ2n) is 16.7. The smallest absolute Gasteiger partial charge is 0.303 e. The summed E-state index contributed by atoms with van der Waals surface area (Å²) in [5.41, 5.74) is 6.42. The van der Waals surface area contributed by atoms with Crippen LogP contribution in [0, 0.1) is 0 Å². The lowest BCUT2D eigenvalue weighted by atomic mass is 9.98. The van der Waals surface area contributed by atoms with Crippen molar-refractivity contribution < 1.29 is 124 Å². The first-order chi connectivity index (χ1) is 36.6. The van der Waals surface area contributed by atoms with E-state index in [2.05, 4.69) is 10.6 Å². The molecule has 0 aliphatic carbocycles. The van der Waals surface area contributed by atoms with Crippen molar-refractivity contribution in [3.05, 3.63) is 29.3 Å². The zero-order valence-electron chi connectivity index (χ0n) is 44.1. The molecule has 0 spiro atoms. The summed E-state index contributed by atoms with van der Waals surface area (Å²) in [4.78, 5) is 121. The van der Waals surface area contributed by atoms with E-state index in [4.69, 9.17) is 81.5 Å². The Balaban J connectivity index is 1.35. The summed E-state index contributed by atoms with van der Waals surface area (Å²) in [7, 11) is 0. The second kappa shape index (κ2) is 34.2. The summed E-state index contributed by atoms with van der Waals surface area (Å²) in [6.45, 7) is 8.71. The Morgan fingerprint density at radius 2 is 0.701 bits per heavy atom. The molecule has 29 nitrogen and oxygen atoms in total. The van der Waals surface area contributed by atoms with E-state index >= 15 is 0 Å². The number of nitrogen functional groups attached to an aromatic ring is 1. The van der Waals surface area contributed by atoms with Gasteiger partial charge in [-0.3, -0.25) is 47.9 Å². The summed E-state index contributed by atoms with van der Waals surface area (Å²) in [6, 6.07) is 4.18. The average Bonchev–Trinajstić information content (AvgIpc) is 3.33. The molecule has 2 aliphatic heterocycles. The van der Waals surface area contributed by atoms with Crippen LogP contribution in [0.2, 0.25) is 0 Å². The first-order valence-electron chi connectivity index (χ1n) is 24.2. The highest BCUT2D eigenvalue weighted by molar-refractivity contribution is 6.01. The predicted molar refractivity (Wildman–Crippen MR) is 255 cm³/mol. The van der Waals surface area contributed by atoms with Gasteiger partial charge in [0.2, 0.25) is 0 Å². The van der Waals surface area contributed by atoms with Gasteiger partial charge in [-0.1, -0.05) is 0 Å². The van der Waals surface area contributed by atoms with E-state index in [-0.39, 0.29) is 96.0 Å². The molecule has 2 amide bonds. The summed E-state index contributed by atoms with van der Waals surface area (Å²) < 4.78 is 87.7. The maximum Gasteiger partial charge on any atom is 0.303 e. The number of ether oxygens (including phenoxy) is 16. The molecule has 2 aliphatic rings. The number of carbonyl (C=O) groups is 10. The van der Waals surface area contributed by atoms with E-state index in [1.165, 1.54) is 18.2 Å². The van der Waals surface area contributed by atoms with Crippen LogP contribution in [0.4, 0.5) is 5.69 Å². The van der Waals surface area contributed by atoms with Crippen LogP contribution < -0.4 is 16.4 Å². The SMILES string of the molecule is CC(=O)OC[C@H]1O[C@H](OCCOCCOCCNC(=O)c2cc(N)cc(C(=O)NCCOCCOCCO[C@H]3O[C@H](COC(C)=O)[C@@H](OC(C)=O)[C@H](OC(C)=O)[C@@H]3OC(C)=O)c2)[C@@H](OC(C)=O)[C@@H](OC(C)=O)[C@@H]1OC(C)=O. The van der Waals surface area contributed by atoms with Gasteiger partial charge in [0.25, 0.3) is 11.8 Å². The maximum absolute atomic E-state index is 12.9. The van der Waals surface area contributed by atoms with Crippen LogP contribution in [-0.2, 0) is 114 Å². The predicted octanol–water partition coefficient (Wildman–Crippen LogP) is -1.01. The molecule has 10 atom stereocenters. The number of hydrogen-bond acceptors (Lipinski definition) is 27. The molecular weight excluding hydrogens is 1030 g/mol. The fraction of sp³-hybridized carbons (Fsp3) is 0.667. The minimum Gasteiger partial charge on any atom is -0.463 e. The number of esters is 8. The molecule has 3 rings (SSSR count). The van der Waals surface area contributed by atoms with Crippen molar-refractivity contribution in [1.29, 1.82) is 0 Å². The molecule has 29 heteroatoms. The van der Waals surface area contributed by atoms with E-state index in [1.807, 2.05) is 0 Å². The van der Waals surface area contributed by atoms with Crippen LogP contribution in [0.3, 0.4) is 0 Å². The van der Waals surface area contributed by atoms with Crippen molar-refractivity contribution in [1.82, 2.24) is 10.6 Å². The van der Waals surface area contributed by atoms with Crippen molar-refractivity contribution in [3.8, 4) is 0 Å². The van der Waals surface area contributed by atoms with Gasteiger partial charge in [0.15, 0.2) is 49.2 Å². The Morgan fingerprint density at radius 3 is 1.03 bits per heavy atom. The topological polar surface area (TPSA) is 368 Å². The number of hydrogen-bond donors (Lipinski definition) is 3. The van der Waals surface area contributed by atoms with Crippen LogP contribution in [0.5, 0.6) is 0 Å². The fourth-order valence-corrected chi connectivity index (χ4v) is 7.33. The Bertz CT molecular complexity index is 2000. The molecule has 2 heterocycles. The van der Waals surface area contributed by atoms with Crippen molar-refractivity contribution in [2.75, 3.05) is 98.1 Å². The largest absolute Gasteiger partial charge is 0.463 e. The van der Waals surface area contributed by atoms with Crippen molar-refractivity contribution in [2.45, 2.75) is 117 Å². The number of anilines is 1. The molecule has 0 aromatic heterocycles. The molecule has 1 aromatic carbocycles. The molecular formula is C48H69N3O26. The Hall–Kier alpha value is -6.60. The maximum atomic E-state index is 12.9. The van der Waals surface area contributed by atoms with Gasteiger partial charge in [0.1, 0.15) is 25.4 Å². The Morgan fingerprint density at radius 1 is 0.403 bits per heavy atom. The van der Waals surface area contributed by atoms with Crippen molar-refractivity contribution >= 4 is 65.3 Å². The molecule has 432 valence electrons. The average molecular weight is 1100 g/mol. The highest BCUT2D eigenvalue weighted by Gasteiger charge is 2.54. The number of amides is 2. The number of carbonyl (C=O) groups excluding carboxylic acids is 10. The summed E-state index contributed by atoms with van der Waals surface area (Å²) in [5, 5.41) is 5.36. The normalized spacial score (nSPS) is 22.8. The van der Waals surface area contributed by atoms with Crippen LogP contribution >= 0.6 is 0 Å². The van der Waals surface area contributed by atoms with Gasteiger partial charge in [0, 0.05) is 85.3 Å². The fourth-order valence-electron chi connectivity index (χ4n) is 7.33. The number of benzene rings is 1. The molecule has 0 radical (unpaired) electrons. The quantitative estimate of drug-likeness (QED) is 0.0337. The van der Waals surface area contributed by atoms with E-state index < -0.39 is 134 Å². The van der Waals surface area contributed by atoms with Crippen molar-refractivity contribution in [2.24, 2.45) is 0 Å². The van der Waals surface area contributed by atoms with Gasteiger partial charge in [0.05, 0.1) is 66.1 Å². The molecule has 1 aromatic rings. The first-order valence-corrected chi connectivity index (χ1v) is 24.2. The first kappa shape index (κ1) is 64.7. The molecule has 77 heavy (non-hydrogen) atoms. The zero-order valence-corrected chi connectivity index (χ0v) is 44.1. The summed E-state index contributed by atoms with van der Waals surface area (Å²) in [6.07, 6.45) is -13.2. The Kier molecular flexibility index (Phi) is 28.8. The monoisotopic (exact) mass is 1100 g/mol. The third-order valence-electron chi connectivity index (χ3n) is 10.2. The van der Waals surface area contributed by atoms with E-state index in [1.54, 1.807) is 0 Å². The van der Waals surface area contributed by atoms with Gasteiger partial charge >= 0.3 is 47.8 Å². The minimum atomic E-state index is -1.38. The van der Waals surface area contributed by atoms with E-state index in [0.29, 0.717) is 0 Å². The highest BCUT2D eigenvalue weighted by atomic mass is 16.8. The van der Waals surface area contributed by atoms with Crippen LogP contribution in [0.15, 0.2) is 18.2 Å². The highest BCUT2D eigenvalue weighted by Crippen LogP contribution is 2.31. The number of nitrogens with one attached hydrogen (secondary N) is 2. The van der Waals surface area contributed by atoms with Crippen LogP contribution in [0.25, 0.3) is 0 Å². The van der Waals surface area contributed by atoms with E-state index in [0.717, 1.165) is 55.4 Å². The van der Waals surface area contributed by atoms with Gasteiger partial charge in [-0.25, -0.2) is 0 Å². The molecule has 2 saturated heterocycles. The zero-order chi connectivity index (χ0) is 57.0. The lowest BCUT2D eigenvalue weighted by Gasteiger charge is -2.44. The molecule has 0 saturated carbocycles. The van der Waals surface area contributed by atoms with E-state index in [9.17, 15) is 47.9 Å². The number of rotatable bonds is 32. The second-order valence-corrected chi connectivity index (χ2v) is 16.7. The summed E-state index contributed by atoms with van der Waals surface area (Å²) >= 11 is 0. The lowest BCUT2D eigenvalue weighted by molar-refractivity contribution is -0.309. The third-order valence-corrected chi connectivity index (χ3v) is 10.2.